The number of nitrogens with one attached hydrogen (secondary N) is 1. The van der Waals surface area contributed by atoms with E-state index in [0.29, 0.717) is 40.4 Å². The van der Waals surface area contributed by atoms with Gasteiger partial charge in [0, 0.05) is 35.0 Å². The molecule has 158 valence electrons. The van der Waals surface area contributed by atoms with E-state index in [1.54, 1.807) is 18.2 Å². The summed E-state index contributed by atoms with van der Waals surface area (Å²) in [5, 5.41) is 5.91. The standard InChI is InChI=1S/C19H17Cl2N3O3S3/c20-14-3-1-12(2-4-14)15-11-28-19(22-15)23-18(25)13-7-9-24(10-8-13)30(26,27)17-6-5-16(21)29-17/h1-6,11,13H,7-10H2,(H,22,23,25). The van der Waals surface area contributed by atoms with Crippen molar-refractivity contribution in [2.24, 2.45) is 5.92 Å². The lowest BCUT2D eigenvalue weighted by atomic mass is 9.97. The lowest BCUT2D eigenvalue weighted by Gasteiger charge is -2.29. The zero-order valence-electron chi connectivity index (χ0n) is 15.5. The van der Waals surface area contributed by atoms with E-state index in [1.807, 2.05) is 17.5 Å². The van der Waals surface area contributed by atoms with E-state index in [9.17, 15) is 13.2 Å². The third-order valence-corrected chi connectivity index (χ3v) is 9.45. The minimum Gasteiger partial charge on any atom is -0.302 e. The molecule has 3 heterocycles. The number of carbonyl (C=O) groups is 1. The Bertz CT molecular complexity index is 1150. The Labute approximate surface area is 192 Å². The van der Waals surface area contributed by atoms with Crippen LogP contribution in [-0.2, 0) is 14.8 Å². The van der Waals surface area contributed by atoms with Crippen molar-refractivity contribution in [1.29, 1.82) is 0 Å². The van der Waals surface area contributed by atoms with Crippen LogP contribution >= 0.6 is 45.9 Å². The van der Waals surface area contributed by atoms with Crippen LogP contribution in [-0.4, -0.2) is 36.7 Å². The number of halogens is 2. The molecule has 3 aromatic rings. The molecular formula is C19H17Cl2N3O3S3. The maximum absolute atomic E-state index is 12.7. The van der Waals surface area contributed by atoms with Crippen LogP contribution in [0.25, 0.3) is 11.3 Å². The Morgan fingerprint density at radius 3 is 2.43 bits per heavy atom. The van der Waals surface area contributed by atoms with Gasteiger partial charge in [0.1, 0.15) is 4.21 Å². The number of amides is 1. The molecule has 30 heavy (non-hydrogen) atoms. The second kappa shape index (κ2) is 8.94. The molecule has 1 amide bonds. The molecule has 0 radical (unpaired) electrons. The lowest BCUT2D eigenvalue weighted by Crippen LogP contribution is -2.41. The van der Waals surface area contributed by atoms with Gasteiger partial charge in [-0.1, -0.05) is 35.3 Å². The Morgan fingerprint density at radius 1 is 1.10 bits per heavy atom. The number of rotatable bonds is 5. The summed E-state index contributed by atoms with van der Waals surface area (Å²) in [4.78, 5) is 17.1. The largest absolute Gasteiger partial charge is 0.302 e. The van der Waals surface area contributed by atoms with Gasteiger partial charge in [-0.3, -0.25) is 4.79 Å². The minimum absolute atomic E-state index is 0.136. The number of hydrogen-bond acceptors (Lipinski definition) is 6. The fraction of sp³-hybridized carbons (Fsp3) is 0.263. The van der Waals surface area contributed by atoms with Gasteiger partial charge in [0.05, 0.1) is 10.0 Å². The Hall–Kier alpha value is -1.49. The van der Waals surface area contributed by atoms with Gasteiger partial charge in [-0.05, 0) is 37.1 Å². The van der Waals surface area contributed by atoms with Gasteiger partial charge in [0.15, 0.2) is 5.13 Å². The molecule has 1 fully saturated rings. The monoisotopic (exact) mass is 501 g/mol. The summed E-state index contributed by atoms with van der Waals surface area (Å²) >= 11 is 14.2. The van der Waals surface area contributed by atoms with E-state index >= 15 is 0 Å². The number of piperidine rings is 1. The van der Waals surface area contributed by atoms with Gasteiger partial charge < -0.3 is 5.32 Å². The highest BCUT2D eigenvalue weighted by Crippen LogP contribution is 2.31. The molecule has 0 spiro atoms. The van der Waals surface area contributed by atoms with Crippen molar-refractivity contribution in [3.63, 3.8) is 0 Å². The Morgan fingerprint density at radius 2 is 1.80 bits per heavy atom. The van der Waals surface area contributed by atoms with Gasteiger partial charge in [-0.2, -0.15) is 4.31 Å². The number of anilines is 1. The van der Waals surface area contributed by atoms with Crippen LogP contribution in [0.4, 0.5) is 5.13 Å². The van der Waals surface area contributed by atoms with E-state index in [2.05, 4.69) is 10.3 Å². The third kappa shape index (κ3) is 4.71. The first-order chi connectivity index (χ1) is 14.3. The van der Waals surface area contributed by atoms with Gasteiger partial charge in [-0.15, -0.1) is 22.7 Å². The second-order valence-electron chi connectivity index (χ2n) is 6.77. The summed E-state index contributed by atoms with van der Waals surface area (Å²) in [6, 6.07) is 10.4. The molecule has 4 rings (SSSR count). The average Bonchev–Trinajstić information content (AvgIpc) is 3.38. The molecule has 1 aromatic carbocycles. The molecule has 0 atom stereocenters. The molecule has 1 aliphatic rings. The minimum atomic E-state index is -3.56. The van der Waals surface area contributed by atoms with Gasteiger partial charge in [0.25, 0.3) is 10.0 Å². The van der Waals surface area contributed by atoms with Crippen molar-refractivity contribution in [3.05, 3.63) is 51.1 Å². The van der Waals surface area contributed by atoms with Gasteiger partial charge >= 0.3 is 0 Å². The molecule has 0 bridgehead atoms. The Kier molecular flexibility index (Phi) is 6.47. The van der Waals surface area contributed by atoms with Crippen LogP contribution in [0.3, 0.4) is 0 Å². The molecule has 1 aliphatic heterocycles. The smallest absolute Gasteiger partial charge is 0.252 e. The zero-order chi connectivity index (χ0) is 21.3. The summed E-state index contributed by atoms with van der Waals surface area (Å²) in [7, 11) is -3.56. The van der Waals surface area contributed by atoms with Crippen LogP contribution in [0.15, 0.2) is 46.0 Å². The summed E-state index contributed by atoms with van der Waals surface area (Å²) in [6.07, 6.45) is 0.916. The van der Waals surface area contributed by atoms with E-state index in [4.69, 9.17) is 23.2 Å². The maximum Gasteiger partial charge on any atom is 0.252 e. The van der Waals surface area contributed by atoms with Gasteiger partial charge in [-0.25, -0.2) is 13.4 Å². The lowest BCUT2D eigenvalue weighted by molar-refractivity contribution is -0.120. The number of nitrogens with zero attached hydrogens (tertiary/aromatic N) is 2. The van der Waals surface area contributed by atoms with Crippen molar-refractivity contribution >= 4 is 66.9 Å². The van der Waals surface area contributed by atoms with Crippen molar-refractivity contribution < 1.29 is 13.2 Å². The average molecular weight is 502 g/mol. The van der Waals surface area contributed by atoms with E-state index in [0.717, 1.165) is 22.6 Å². The van der Waals surface area contributed by atoms with Crippen molar-refractivity contribution in [3.8, 4) is 11.3 Å². The number of thiophene rings is 1. The number of thiazole rings is 1. The van der Waals surface area contributed by atoms with E-state index in [-0.39, 0.29) is 16.0 Å². The number of hydrogen-bond donors (Lipinski definition) is 1. The molecule has 0 unspecified atom stereocenters. The van der Waals surface area contributed by atoms with Gasteiger partial charge in [0.2, 0.25) is 5.91 Å². The van der Waals surface area contributed by atoms with Crippen LogP contribution < -0.4 is 5.32 Å². The first-order valence-electron chi connectivity index (χ1n) is 9.11. The summed E-state index contributed by atoms with van der Waals surface area (Å²) in [5.74, 6) is -0.394. The first kappa shape index (κ1) is 21.7. The van der Waals surface area contributed by atoms with Crippen LogP contribution in [0.2, 0.25) is 9.36 Å². The molecule has 0 saturated carbocycles. The molecular weight excluding hydrogens is 485 g/mol. The molecule has 2 aromatic heterocycles. The summed E-state index contributed by atoms with van der Waals surface area (Å²) in [6.45, 7) is 0.591. The molecule has 6 nitrogen and oxygen atoms in total. The fourth-order valence-electron chi connectivity index (χ4n) is 3.21. The number of aromatic nitrogens is 1. The van der Waals surface area contributed by atoms with E-state index in [1.165, 1.54) is 21.7 Å². The highest BCUT2D eigenvalue weighted by Gasteiger charge is 2.33. The first-order valence-corrected chi connectivity index (χ1v) is 13.0. The molecule has 1 N–H and O–H groups in total. The fourth-order valence-corrected chi connectivity index (χ4v) is 7.17. The van der Waals surface area contributed by atoms with Crippen molar-refractivity contribution in [2.75, 3.05) is 18.4 Å². The topological polar surface area (TPSA) is 79.4 Å². The summed E-state index contributed by atoms with van der Waals surface area (Å²) < 4.78 is 27.5. The quantitative estimate of drug-likeness (QED) is 0.519. The van der Waals surface area contributed by atoms with Crippen molar-refractivity contribution in [1.82, 2.24) is 9.29 Å². The SMILES string of the molecule is O=C(Nc1nc(-c2ccc(Cl)cc2)cs1)C1CCN(S(=O)(=O)c2ccc(Cl)s2)CC1. The molecule has 11 heteroatoms. The third-order valence-electron chi connectivity index (χ3n) is 4.84. The Balaban J connectivity index is 1.35. The highest BCUT2D eigenvalue weighted by molar-refractivity contribution is 7.91. The summed E-state index contributed by atoms with van der Waals surface area (Å²) in [5.41, 5.74) is 1.69. The molecule has 1 saturated heterocycles. The zero-order valence-corrected chi connectivity index (χ0v) is 19.5. The van der Waals surface area contributed by atoms with Crippen molar-refractivity contribution in [2.45, 2.75) is 17.1 Å². The predicted octanol–water partition coefficient (Wildman–Crippen LogP) is 5.22. The number of sulfonamides is 1. The molecule has 0 aliphatic carbocycles. The normalized spacial score (nSPS) is 15.9. The number of carbonyl (C=O) groups excluding carboxylic acids is 1. The van der Waals surface area contributed by atoms with E-state index < -0.39 is 10.0 Å². The van der Waals surface area contributed by atoms with Crippen LogP contribution in [0.1, 0.15) is 12.8 Å². The number of benzene rings is 1. The van der Waals surface area contributed by atoms with Crippen LogP contribution in [0.5, 0.6) is 0 Å². The maximum atomic E-state index is 12.7. The van der Waals surface area contributed by atoms with Crippen LogP contribution in [0, 0.1) is 5.92 Å². The second-order valence-corrected chi connectivity index (χ2v) is 11.9. The highest BCUT2D eigenvalue weighted by atomic mass is 35.5. The predicted molar refractivity (Wildman–Crippen MR) is 122 cm³/mol.